The first-order valence-corrected chi connectivity index (χ1v) is 6.52. The van der Waals surface area contributed by atoms with Crippen LogP contribution in [0.25, 0.3) is 0 Å². The lowest BCUT2D eigenvalue weighted by molar-refractivity contribution is 0.0737. The van der Waals surface area contributed by atoms with Crippen LogP contribution in [0.15, 0.2) is 42.6 Å². The van der Waals surface area contributed by atoms with Crippen LogP contribution in [0.4, 0.5) is 4.39 Å². The molecule has 20 heavy (non-hydrogen) atoms. The molecule has 5 heteroatoms. The number of pyridine rings is 1. The molecule has 1 amide bonds. The molecule has 1 aromatic carbocycles. The Morgan fingerprint density at radius 1 is 1.30 bits per heavy atom. The van der Waals surface area contributed by atoms with Gasteiger partial charge in [0.05, 0.1) is 11.6 Å². The van der Waals surface area contributed by atoms with Gasteiger partial charge in [0.1, 0.15) is 0 Å². The first-order chi connectivity index (χ1) is 9.52. The van der Waals surface area contributed by atoms with Crippen molar-refractivity contribution in [3.05, 3.63) is 64.7 Å². The third-order valence-corrected chi connectivity index (χ3v) is 3.59. The van der Waals surface area contributed by atoms with Gasteiger partial charge in [-0.2, -0.15) is 4.39 Å². The summed E-state index contributed by atoms with van der Waals surface area (Å²) in [5.41, 5.74) is 0.767. The molecule has 1 unspecified atom stereocenters. The Labute approximate surface area is 122 Å². The molecule has 0 bridgehead atoms. The summed E-state index contributed by atoms with van der Waals surface area (Å²) in [6.45, 7) is 1.84. The SMILES string of the molecule is CC(c1ccccc1Cl)N(C)C(=O)c1cccnc1F. The van der Waals surface area contributed by atoms with E-state index in [0.29, 0.717) is 5.02 Å². The molecule has 0 radical (unpaired) electrons. The smallest absolute Gasteiger partial charge is 0.258 e. The maximum Gasteiger partial charge on any atom is 0.258 e. The highest BCUT2D eigenvalue weighted by Crippen LogP contribution is 2.27. The van der Waals surface area contributed by atoms with Crippen LogP contribution < -0.4 is 0 Å². The third kappa shape index (κ3) is 2.80. The largest absolute Gasteiger partial charge is 0.335 e. The number of nitrogens with zero attached hydrogens (tertiary/aromatic N) is 2. The highest BCUT2D eigenvalue weighted by atomic mass is 35.5. The minimum Gasteiger partial charge on any atom is -0.335 e. The Morgan fingerprint density at radius 2 is 2.00 bits per heavy atom. The number of benzene rings is 1. The number of carbonyl (C=O) groups excluding carboxylic acids is 1. The Bertz CT molecular complexity index is 633. The molecule has 0 aliphatic heterocycles. The van der Waals surface area contributed by atoms with Gasteiger partial charge in [0, 0.05) is 18.3 Å². The van der Waals surface area contributed by atoms with Gasteiger partial charge >= 0.3 is 0 Å². The standard InChI is InChI=1S/C15H14ClFN2O/c1-10(11-6-3-4-8-13(11)16)19(2)15(20)12-7-5-9-18-14(12)17/h3-10H,1-2H3. The average Bonchev–Trinajstić information content (AvgIpc) is 2.46. The van der Waals surface area contributed by atoms with E-state index in [1.54, 1.807) is 13.1 Å². The summed E-state index contributed by atoms with van der Waals surface area (Å²) in [7, 11) is 1.61. The Kier molecular flexibility index (Phi) is 4.35. The summed E-state index contributed by atoms with van der Waals surface area (Å²) in [6, 6.07) is 9.95. The maximum atomic E-state index is 13.6. The summed E-state index contributed by atoms with van der Waals surface area (Å²) in [4.78, 5) is 17.2. The van der Waals surface area contributed by atoms with Crippen LogP contribution in [0.2, 0.25) is 5.02 Å². The zero-order valence-corrected chi connectivity index (χ0v) is 11.9. The monoisotopic (exact) mass is 292 g/mol. The topological polar surface area (TPSA) is 33.2 Å². The molecule has 0 aliphatic rings. The molecule has 0 aliphatic carbocycles. The molecule has 0 N–H and O–H groups in total. The van der Waals surface area contributed by atoms with Crippen molar-refractivity contribution in [2.45, 2.75) is 13.0 Å². The Hall–Kier alpha value is -1.94. The van der Waals surface area contributed by atoms with Crippen LogP contribution in [0.5, 0.6) is 0 Å². The van der Waals surface area contributed by atoms with Crippen LogP contribution in [0, 0.1) is 5.95 Å². The van der Waals surface area contributed by atoms with E-state index in [4.69, 9.17) is 11.6 Å². The van der Waals surface area contributed by atoms with Crippen molar-refractivity contribution in [3.63, 3.8) is 0 Å². The number of hydrogen-bond acceptors (Lipinski definition) is 2. The number of halogens is 2. The fourth-order valence-corrected chi connectivity index (χ4v) is 2.23. The van der Waals surface area contributed by atoms with Gasteiger partial charge in [0.15, 0.2) is 0 Å². The average molecular weight is 293 g/mol. The number of aromatic nitrogens is 1. The van der Waals surface area contributed by atoms with E-state index in [-0.39, 0.29) is 11.6 Å². The van der Waals surface area contributed by atoms with E-state index in [1.807, 2.05) is 25.1 Å². The lowest BCUT2D eigenvalue weighted by atomic mass is 10.1. The van der Waals surface area contributed by atoms with Crippen molar-refractivity contribution in [1.29, 1.82) is 0 Å². The zero-order valence-electron chi connectivity index (χ0n) is 11.2. The summed E-state index contributed by atoms with van der Waals surface area (Å²) < 4.78 is 13.6. The highest BCUT2D eigenvalue weighted by molar-refractivity contribution is 6.31. The first kappa shape index (κ1) is 14.5. The first-order valence-electron chi connectivity index (χ1n) is 6.14. The van der Waals surface area contributed by atoms with E-state index >= 15 is 0 Å². The number of amides is 1. The number of rotatable bonds is 3. The predicted octanol–water partition coefficient (Wildman–Crippen LogP) is 3.71. The second kappa shape index (κ2) is 6.01. The molecule has 0 fully saturated rings. The van der Waals surface area contributed by atoms with Gasteiger partial charge in [0.25, 0.3) is 5.91 Å². The third-order valence-electron chi connectivity index (χ3n) is 3.25. The second-order valence-corrected chi connectivity index (χ2v) is 4.86. The van der Waals surface area contributed by atoms with E-state index in [9.17, 15) is 9.18 Å². The number of hydrogen-bond donors (Lipinski definition) is 0. The van der Waals surface area contributed by atoms with Gasteiger partial charge in [-0.15, -0.1) is 0 Å². The molecule has 0 saturated carbocycles. The van der Waals surface area contributed by atoms with Gasteiger partial charge in [-0.25, -0.2) is 4.98 Å². The fourth-order valence-electron chi connectivity index (χ4n) is 1.93. The van der Waals surface area contributed by atoms with Crippen LogP contribution >= 0.6 is 11.6 Å². The molecule has 0 saturated heterocycles. The second-order valence-electron chi connectivity index (χ2n) is 4.46. The zero-order chi connectivity index (χ0) is 14.7. The fraction of sp³-hybridized carbons (Fsp3) is 0.200. The molecule has 1 aromatic heterocycles. The molecule has 2 aromatic rings. The summed E-state index contributed by atoms with van der Waals surface area (Å²) in [6.07, 6.45) is 1.31. The van der Waals surface area contributed by atoms with Crippen molar-refractivity contribution < 1.29 is 9.18 Å². The maximum absolute atomic E-state index is 13.6. The molecular formula is C15H14ClFN2O. The summed E-state index contributed by atoms with van der Waals surface area (Å²) in [5, 5.41) is 0.575. The van der Waals surface area contributed by atoms with Crippen molar-refractivity contribution in [1.82, 2.24) is 9.88 Å². The van der Waals surface area contributed by atoms with Crippen LogP contribution in [-0.2, 0) is 0 Å². The molecule has 0 spiro atoms. The van der Waals surface area contributed by atoms with Crippen LogP contribution in [0.1, 0.15) is 28.9 Å². The normalized spacial score (nSPS) is 12.0. The molecule has 3 nitrogen and oxygen atoms in total. The molecule has 104 valence electrons. The highest BCUT2D eigenvalue weighted by Gasteiger charge is 2.22. The van der Waals surface area contributed by atoms with E-state index in [0.717, 1.165) is 5.56 Å². The lowest BCUT2D eigenvalue weighted by Gasteiger charge is -2.26. The van der Waals surface area contributed by atoms with Crippen LogP contribution in [0.3, 0.4) is 0 Å². The van der Waals surface area contributed by atoms with E-state index in [1.165, 1.54) is 23.2 Å². The van der Waals surface area contributed by atoms with Crippen molar-refractivity contribution in [2.24, 2.45) is 0 Å². The van der Waals surface area contributed by atoms with Gasteiger partial charge in [-0.3, -0.25) is 4.79 Å². The lowest BCUT2D eigenvalue weighted by Crippen LogP contribution is -2.30. The molecular weight excluding hydrogens is 279 g/mol. The molecule has 2 rings (SSSR count). The van der Waals surface area contributed by atoms with E-state index < -0.39 is 11.9 Å². The quantitative estimate of drug-likeness (QED) is 0.808. The molecule has 1 heterocycles. The predicted molar refractivity (Wildman–Crippen MR) is 76.2 cm³/mol. The van der Waals surface area contributed by atoms with Crippen molar-refractivity contribution in [2.75, 3.05) is 7.05 Å². The minimum atomic E-state index is -0.768. The minimum absolute atomic E-state index is 0.0473. The van der Waals surface area contributed by atoms with Gasteiger partial charge < -0.3 is 4.90 Å². The Balaban J connectivity index is 2.28. The number of carbonyl (C=O) groups is 1. The summed E-state index contributed by atoms with van der Waals surface area (Å²) >= 11 is 6.12. The molecule has 1 atom stereocenters. The van der Waals surface area contributed by atoms with Crippen LogP contribution in [-0.4, -0.2) is 22.8 Å². The van der Waals surface area contributed by atoms with Gasteiger partial charge in [-0.05, 0) is 30.7 Å². The van der Waals surface area contributed by atoms with Gasteiger partial charge in [-0.1, -0.05) is 29.8 Å². The van der Waals surface area contributed by atoms with Gasteiger partial charge in [0.2, 0.25) is 5.95 Å². The van der Waals surface area contributed by atoms with Crippen molar-refractivity contribution in [3.8, 4) is 0 Å². The summed E-state index contributed by atoms with van der Waals surface area (Å²) in [5.74, 6) is -1.20. The Morgan fingerprint density at radius 3 is 2.65 bits per heavy atom. The van der Waals surface area contributed by atoms with Crippen molar-refractivity contribution >= 4 is 17.5 Å². The van der Waals surface area contributed by atoms with E-state index in [2.05, 4.69) is 4.98 Å².